The maximum absolute atomic E-state index is 12.5. The summed E-state index contributed by atoms with van der Waals surface area (Å²) >= 11 is 2.96. The Morgan fingerprint density at radius 3 is 2.86 bits per heavy atom. The number of thioether (sulfide) groups is 2. The molecule has 6 atom stereocenters. The lowest BCUT2D eigenvalue weighted by Crippen LogP contribution is -2.57. The molecule has 1 saturated heterocycles. The van der Waals surface area contributed by atoms with Crippen LogP contribution in [0.3, 0.4) is 0 Å². The molecule has 0 amide bonds. The Morgan fingerprint density at radius 1 is 1.38 bits per heavy atom. The summed E-state index contributed by atoms with van der Waals surface area (Å²) in [5.74, 6) is 1.68. The third kappa shape index (κ3) is 2.74. The van der Waals surface area contributed by atoms with Gasteiger partial charge in [0.1, 0.15) is 23.2 Å². The van der Waals surface area contributed by atoms with Gasteiger partial charge in [0.25, 0.3) is 0 Å². The van der Waals surface area contributed by atoms with Crippen molar-refractivity contribution in [1.82, 2.24) is 0 Å². The fourth-order valence-electron chi connectivity index (χ4n) is 2.89. The van der Waals surface area contributed by atoms with E-state index in [1.807, 2.05) is 6.92 Å². The monoisotopic (exact) mass is 332 g/mol. The molecule has 0 spiro atoms. The number of hydrogen-bond acceptors (Lipinski definition) is 7. The molecule has 0 aromatic heterocycles. The van der Waals surface area contributed by atoms with Crippen molar-refractivity contribution in [2.24, 2.45) is 0 Å². The van der Waals surface area contributed by atoms with Crippen molar-refractivity contribution in [2.75, 3.05) is 5.75 Å². The third-order valence-electron chi connectivity index (χ3n) is 4.07. The van der Waals surface area contributed by atoms with Crippen molar-refractivity contribution >= 4 is 29.3 Å². The minimum Gasteiger partial charge on any atom is -0.467 e. The SMILES string of the molecule is CCSC1CCC2=C(SC3C(O2)OC(C)C(O)C3O)C1=O. The largest absolute Gasteiger partial charge is 0.467 e. The molecular weight excluding hydrogens is 312 g/mol. The van der Waals surface area contributed by atoms with E-state index in [2.05, 4.69) is 0 Å². The molecule has 0 radical (unpaired) electrons. The second-order valence-corrected chi connectivity index (χ2v) is 8.16. The normalized spacial score (nSPS) is 43.1. The van der Waals surface area contributed by atoms with Crippen molar-refractivity contribution in [2.45, 2.75) is 61.8 Å². The standard InChI is InChI=1S/C14H20O5S2/c1-3-20-8-5-4-7-12(10(8)16)21-13-11(17)9(15)6(2)18-14(13)19-7/h6,8-9,11,13-15,17H,3-5H2,1-2H3. The number of Topliss-reactive ketones (excluding diaryl/α,β-unsaturated/α-hetero) is 1. The number of hydrogen-bond donors (Lipinski definition) is 2. The quantitative estimate of drug-likeness (QED) is 0.789. The molecular formula is C14H20O5S2. The summed E-state index contributed by atoms with van der Waals surface area (Å²) in [6, 6.07) is 0. The number of ketones is 1. The van der Waals surface area contributed by atoms with Gasteiger partial charge < -0.3 is 19.7 Å². The number of carbonyl (C=O) groups is 1. The van der Waals surface area contributed by atoms with E-state index in [-0.39, 0.29) is 11.0 Å². The van der Waals surface area contributed by atoms with E-state index in [4.69, 9.17) is 9.47 Å². The van der Waals surface area contributed by atoms with Crippen LogP contribution < -0.4 is 0 Å². The first-order valence-corrected chi connectivity index (χ1v) is 9.19. The molecule has 3 rings (SSSR count). The summed E-state index contributed by atoms with van der Waals surface area (Å²) in [6.45, 7) is 3.75. The lowest BCUT2D eigenvalue weighted by molar-refractivity contribution is -0.231. The highest BCUT2D eigenvalue weighted by atomic mass is 32.2. The number of carbonyl (C=O) groups excluding carboxylic acids is 1. The zero-order valence-electron chi connectivity index (χ0n) is 12.0. The van der Waals surface area contributed by atoms with Crippen LogP contribution >= 0.6 is 23.5 Å². The lowest BCUT2D eigenvalue weighted by Gasteiger charge is -2.45. The summed E-state index contributed by atoms with van der Waals surface area (Å²) in [4.78, 5) is 13.1. The van der Waals surface area contributed by atoms with E-state index in [0.29, 0.717) is 10.7 Å². The number of aliphatic hydroxyl groups excluding tert-OH is 2. The highest BCUT2D eigenvalue weighted by Gasteiger charge is 2.49. The van der Waals surface area contributed by atoms with Gasteiger partial charge in [-0.25, -0.2) is 0 Å². The Hall–Kier alpha value is -0.210. The maximum Gasteiger partial charge on any atom is 0.214 e. The Balaban J connectivity index is 1.82. The molecule has 0 aromatic carbocycles. The zero-order valence-corrected chi connectivity index (χ0v) is 13.7. The number of rotatable bonds is 2. The van der Waals surface area contributed by atoms with Crippen LogP contribution in [0.4, 0.5) is 0 Å². The van der Waals surface area contributed by atoms with Gasteiger partial charge in [-0.3, -0.25) is 4.79 Å². The van der Waals surface area contributed by atoms with Crippen LogP contribution in [-0.2, 0) is 14.3 Å². The summed E-state index contributed by atoms with van der Waals surface area (Å²) in [5, 5.41) is 19.7. The van der Waals surface area contributed by atoms with Gasteiger partial charge >= 0.3 is 0 Å². The Bertz CT molecular complexity index is 466. The highest BCUT2D eigenvalue weighted by molar-refractivity contribution is 8.05. The first-order valence-electron chi connectivity index (χ1n) is 7.26. The number of aliphatic hydroxyl groups is 2. The van der Waals surface area contributed by atoms with Gasteiger partial charge in [0.2, 0.25) is 6.29 Å². The van der Waals surface area contributed by atoms with Crippen molar-refractivity contribution in [1.29, 1.82) is 0 Å². The molecule has 0 bridgehead atoms. The van der Waals surface area contributed by atoms with Crippen LogP contribution in [0.15, 0.2) is 10.7 Å². The minimum atomic E-state index is -0.955. The van der Waals surface area contributed by atoms with Crippen LogP contribution in [-0.4, -0.2) is 56.9 Å². The molecule has 21 heavy (non-hydrogen) atoms. The van der Waals surface area contributed by atoms with Crippen LogP contribution in [0.2, 0.25) is 0 Å². The molecule has 7 heteroatoms. The zero-order chi connectivity index (χ0) is 15.1. The van der Waals surface area contributed by atoms with Gasteiger partial charge in [-0.15, -0.1) is 11.8 Å². The van der Waals surface area contributed by atoms with Gasteiger partial charge in [0, 0.05) is 6.42 Å². The number of ether oxygens (including phenoxy) is 2. The summed E-state index contributed by atoms with van der Waals surface area (Å²) in [7, 11) is 0. The van der Waals surface area contributed by atoms with Crippen LogP contribution in [0.5, 0.6) is 0 Å². The van der Waals surface area contributed by atoms with E-state index in [1.54, 1.807) is 18.7 Å². The van der Waals surface area contributed by atoms with E-state index in [1.165, 1.54) is 11.8 Å². The van der Waals surface area contributed by atoms with Crippen molar-refractivity contribution in [3.8, 4) is 0 Å². The molecule has 1 aliphatic carbocycles. The third-order valence-corrected chi connectivity index (χ3v) is 6.69. The number of fused-ring (bicyclic) bond motifs is 1. The second kappa shape index (κ2) is 6.12. The molecule has 2 heterocycles. The Morgan fingerprint density at radius 2 is 2.14 bits per heavy atom. The topological polar surface area (TPSA) is 76.0 Å². The minimum absolute atomic E-state index is 0.0214. The first kappa shape index (κ1) is 15.7. The van der Waals surface area contributed by atoms with Crippen LogP contribution in [0.1, 0.15) is 26.7 Å². The highest BCUT2D eigenvalue weighted by Crippen LogP contribution is 2.46. The van der Waals surface area contributed by atoms with E-state index in [9.17, 15) is 15.0 Å². The first-order chi connectivity index (χ1) is 10.0. The van der Waals surface area contributed by atoms with Crippen molar-refractivity contribution in [3.63, 3.8) is 0 Å². The van der Waals surface area contributed by atoms with E-state index < -0.39 is 29.9 Å². The maximum atomic E-state index is 12.5. The lowest BCUT2D eigenvalue weighted by atomic mass is 10.0. The van der Waals surface area contributed by atoms with Gasteiger partial charge in [-0.1, -0.05) is 6.92 Å². The molecule has 2 N–H and O–H groups in total. The molecule has 2 aliphatic heterocycles. The average molecular weight is 332 g/mol. The molecule has 0 saturated carbocycles. The Kier molecular flexibility index (Phi) is 4.57. The van der Waals surface area contributed by atoms with Gasteiger partial charge in [0.15, 0.2) is 5.78 Å². The van der Waals surface area contributed by atoms with Crippen molar-refractivity contribution in [3.05, 3.63) is 10.7 Å². The number of allylic oxidation sites excluding steroid dienone is 2. The molecule has 6 unspecified atom stereocenters. The average Bonchev–Trinajstić information content (AvgIpc) is 2.47. The van der Waals surface area contributed by atoms with E-state index >= 15 is 0 Å². The summed E-state index contributed by atoms with van der Waals surface area (Å²) in [6.07, 6.45) is -1.47. The summed E-state index contributed by atoms with van der Waals surface area (Å²) < 4.78 is 11.4. The smallest absolute Gasteiger partial charge is 0.214 e. The second-order valence-electron chi connectivity index (χ2n) is 5.49. The molecule has 118 valence electrons. The predicted octanol–water partition coefficient (Wildman–Crippen LogP) is 1.28. The van der Waals surface area contributed by atoms with Gasteiger partial charge in [-0.05, 0) is 19.1 Å². The predicted molar refractivity (Wildman–Crippen MR) is 82.0 cm³/mol. The van der Waals surface area contributed by atoms with E-state index in [0.717, 1.165) is 18.6 Å². The van der Waals surface area contributed by atoms with Crippen LogP contribution in [0.25, 0.3) is 0 Å². The molecule has 5 nitrogen and oxygen atoms in total. The Labute approximate surface area is 132 Å². The fraction of sp³-hybridized carbons (Fsp3) is 0.786. The van der Waals surface area contributed by atoms with Gasteiger partial charge in [-0.2, -0.15) is 11.8 Å². The van der Waals surface area contributed by atoms with Crippen molar-refractivity contribution < 1.29 is 24.5 Å². The molecule has 3 aliphatic rings. The van der Waals surface area contributed by atoms with Crippen LogP contribution in [0, 0.1) is 0 Å². The molecule has 1 fully saturated rings. The fourth-order valence-corrected chi connectivity index (χ4v) is 5.26. The van der Waals surface area contributed by atoms with Gasteiger partial charge in [0.05, 0.1) is 16.3 Å². The summed E-state index contributed by atoms with van der Waals surface area (Å²) in [5.41, 5.74) is 0. The molecule has 0 aromatic rings.